The predicted molar refractivity (Wildman–Crippen MR) is 64.5 cm³/mol. The minimum atomic E-state index is 0.449. The molecule has 0 aliphatic carbocycles. The van der Waals surface area contributed by atoms with E-state index in [-0.39, 0.29) is 0 Å². The van der Waals surface area contributed by atoms with Crippen molar-refractivity contribution in [2.24, 2.45) is 0 Å². The van der Waals surface area contributed by atoms with Gasteiger partial charge >= 0.3 is 0 Å². The number of hydrogen-bond donors (Lipinski definition) is 0. The third-order valence-corrected chi connectivity index (χ3v) is 2.98. The summed E-state index contributed by atoms with van der Waals surface area (Å²) in [7, 11) is 0. The summed E-state index contributed by atoms with van der Waals surface area (Å²) in [5, 5.41) is 9.05. The maximum absolute atomic E-state index is 9.05. The van der Waals surface area contributed by atoms with Gasteiger partial charge in [0.2, 0.25) is 5.82 Å². The molecule has 0 unspecified atom stereocenters. The lowest BCUT2D eigenvalue weighted by Crippen LogP contribution is -2.07. The van der Waals surface area contributed by atoms with Gasteiger partial charge in [-0.05, 0) is 32.4 Å². The highest BCUT2D eigenvalue weighted by molar-refractivity contribution is 5.26. The molecule has 4 nitrogen and oxygen atoms in total. The topological polar surface area (TPSA) is 54.5 Å². The second kappa shape index (κ2) is 4.38. The van der Waals surface area contributed by atoms with Crippen molar-refractivity contribution in [3.05, 3.63) is 46.8 Å². The van der Waals surface area contributed by atoms with Crippen LogP contribution in [0.4, 0.5) is 0 Å². The molecule has 0 saturated heterocycles. The summed E-state index contributed by atoms with van der Waals surface area (Å²) in [5.74, 6) is 0.449. The monoisotopic (exact) mass is 226 g/mol. The van der Waals surface area contributed by atoms with Gasteiger partial charge < -0.3 is 4.57 Å². The van der Waals surface area contributed by atoms with Crippen molar-refractivity contribution in [3.63, 3.8) is 0 Å². The molecule has 0 spiro atoms. The molecule has 0 amide bonds. The first-order chi connectivity index (χ1) is 8.13. The fourth-order valence-corrected chi connectivity index (χ4v) is 1.77. The van der Waals surface area contributed by atoms with Crippen LogP contribution in [0.25, 0.3) is 0 Å². The van der Waals surface area contributed by atoms with Crippen LogP contribution in [0.1, 0.15) is 28.5 Å². The molecule has 0 aromatic carbocycles. The van der Waals surface area contributed by atoms with E-state index in [1.54, 1.807) is 6.20 Å². The Kier molecular flexibility index (Phi) is 2.92. The molecule has 2 heterocycles. The normalized spacial score (nSPS) is 10.2. The molecule has 0 N–H and O–H groups in total. The van der Waals surface area contributed by atoms with Crippen molar-refractivity contribution in [1.29, 1.82) is 5.26 Å². The molecular weight excluding hydrogens is 212 g/mol. The smallest absolute Gasteiger partial charge is 0.213 e. The molecule has 0 atom stereocenters. The van der Waals surface area contributed by atoms with Gasteiger partial charge in [0.05, 0.1) is 17.9 Å². The zero-order chi connectivity index (χ0) is 12.4. The van der Waals surface area contributed by atoms with Gasteiger partial charge in [-0.3, -0.25) is 4.98 Å². The maximum atomic E-state index is 9.05. The van der Waals surface area contributed by atoms with Crippen LogP contribution in [0.5, 0.6) is 0 Å². The molecule has 0 aliphatic heterocycles. The number of hydrogen-bond acceptors (Lipinski definition) is 3. The van der Waals surface area contributed by atoms with E-state index in [1.165, 1.54) is 0 Å². The van der Waals surface area contributed by atoms with E-state index in [0.29, 0.717) is 12.4 Å². The lowest BCUT2D eigenvalue weighted by atomic mass is 10.2. The molecule has 4 heteroatoms. The summed E-state index contributed by atoms with van der Waals surface area (Å²) in [6.45, 7) is 6.51. The third-order valence-electron chi connectivity index (χ3n) is 2.98. The molecule has 2 rings (SSSR count). The van der Waals surface area contributed by atoms with E-state index < -0.39 is 0 Å². The van der Waals surface area contributed by atoms with Gasteiger partial charge in [0.25, 0.3) is 0 Å². The molecule has 0 radical (unpaired) electrons. The SMILES string of the molecule is Cc1cccnc1Cn1c(C#N)nc(C)c1C. The summed E-state index contributed by atoms with van der Waals surface area (Å²) in [4.78, 5) is 8.57. The minimum absolute atomic E-state index is 0.449. The lowest BCUT2D eigenvalue weighted by molar-refractivity contribution is 0.731. The number of nitriles is 1. The van der Waals surface area contributed by atoms with E-state index in [1.807, 2.05) is 37.5 Å². The second-order valence-electron chi connectivity index (χ2n) is 4.07. The third kappa shape index (κ3) is 2.04. The highest BCUT2D eigenvalue weighted by Gasteiger charge is 2.11. The van der Waals surface area contributed by atoms with E-state index >= 15 is 0 Å². The molecule has 86 valence electrons. The molecule has 0 fully saturated rings. The number of imidazole rings is 1. The first-order valence-corrected chi connectivity index (χ1v) is 5.47. The Morgan fingerprint density at radius 3 is 2.76 bits per heavy atom. The predicted octanol–water partition coefficient (Wildman–Crippen LogP) is 2.12. The van der Waals surface area contributed by atoms with E-state index in [2.05, 4.69) is 16.0 Å². The number of nitrogens with zero attached hydrogens (tertiary/aromatic N) is 4. The summed E-state index contributed by atoms with van der Waals surface area (Å²) in [5.41, 5.74) is 4.02. The molecule has 0 bridgehead atoms. The van der Waals surface area contributed by atoms with Crippen molar-refractivity contribution in [3.8, 4) is 6.07 Å². The Morgan fingerprint density at radius 1 is 1.35 bits per heavy atom. The summed E-state index contributed by atoms with van der Waals surface area (Å²) < 4.78 is 1.91. The van der Waals surface area contributed by atoms with Crippen LogP contribution >= 0.6 is 0 Å². The van der Waals surface area contributed by atoms with Crippen LogP contribution < -0.4 is 0 Å². The largest absolute Gasteiger partial charge is 0.314 e. The number of pyridine rings is 1. The quantitative estimate of drug-likeness (QED) is 0.788. The van der Waals surface area contributed by atoms with Crippen molar-refractivity contribution in [2.75, 3.05) is 0 Å². The van der Waals surface area contributed by atoms with Crippen LogP contribution in [0, 0.1) is 32.1 Å². The van der Waals surface area contributed by atoms with Gasteiger partial charge in [-0.15, -0.1) is 0 Å². The van der Waals surface area contributed by atoms with Crippen molar-refractivity contribution in [1.82, 2.24) is 14.5 Å². The standard InChI is InChI=1S/C13H14N4/c1-9-5-4-6-15-12(9)8-17-11(3)10(2)16-13(17)7-14/h4-6H,8H2,1-3H3. The Balaban J connectivity index is 2.44. The van der Waals surface area contributed by atoms with Crippen LogP contribution in [-0.4, -0.2) is 14.5 Å². The van der Waals surface area contributed by atoms with E-state index in [9.17, 15) is 0 Å². The van der Waals surface area contributed by atoms with E-state index in [4.69, 9.17) is 5.26 Å². The molecule has 0 saturated carbocycles. The van der Waals surface area contributed by atoms with Crippen LogP contribution in [-0.2, 0) is 6.54 Å². The average Bonchev–Trinajstić information content (AvgIpc) is 2.59. The molecule has 17 heavy (non-hydrogen) atoms. The van der Waals surface area contributed by atoms with Crippen LogP contribution in [0.15, 0.2) is 18.3 Å². The Hall–Kier alpha value is -2.15. The van der Waals surface area contributed by atoms with E-state index in [0.717, 1.165) is 22.6 Å². The summed E-state index contributed by atoms with van der Waals surface area (Å²) in [6, 6.07) is 6.06. The molecule has 0 aliphatic rings. The average molecular weight is 226 g/mol. The highest BCUT2D eigenvalue weighted by Crippen LogP contribution is 2.13. The summed E-state index contributed by atoms with van der Waals surface area (Å²) >= 11 is 0. The van der Waals surface area contributed by atoms with Gasteiger partial charge in [-0.25, -0.2) is 4.98 Å². The number of rotatable bonds is 2. The lowest BCUT2D eigenvalue weighted by Gasteiger charge is -2.08. The molecule has 2 aromatic rings. The Morgan fingerprint density at radius 2 is 2.12 bits per heavy atom. The zero-order valence-electron chi connectivity index (χ0n) is 10.2. The number of aryl methyl sites for hydroxylation is 2. The highest BCUT2D eigenvalue weighted by atomic mass is 15.1. The zero-order valence-corrected chi connectivity index (χ0v) is 10.2. The maximum Gasteiger partial charge on any atom is 0.213 e. The van der Waals surface area contributed by atoms with Crippen LogP contribution in [0.2, 0.25) is 0 Å². The van der Waals surface area contributed by atoms with Gasteiger partial charge in [0.15, 0.2) is 0 Å². The fraction of sp³-hybridized carbons (Fsp3) is 0.308. The molecular formula is C13H14N4. The van der Waals surface area contributed by atoms with Crippen LogP contribution in [0.3, 0.4) is 0 Å². The van der Waals surface area contributed by atoms with Gasteiger partial charge in [-0.1, -0.05) is 6.07 Å². The molecule has 2 aromatic heterocycles. The second-order valence-corrected chi connectivity index (χ2v) is 4.07. The minimum Gasteiger partial charge on any atom is -0.314 e. The van der Waals surface area contributed by atoms with Gasteiger partial charge in [0.1, 0.15) is 6.07 Å². The number of aromatic nitrogens is 3. The van der Waals surface area contributed by atoms with Gasteiger partial charge in [-0.2, -0.15) is 5.26 Å². The fourth-order valence-electron chi connectivity index (χ4n) is 1.77. The van der Waals surface area contributed by atoms with Crippen molar-refractivity contribution in [2.45, 2.75) is 27.3 Å². The van der Waals surface area contributed by atoms with Crippen molar-refractivity contribution >= 4 is 0 Å². The summed E-state index contributed by atoms with van der Waals surface area (Å²) in [6.07, 6.45) is 1.77. The first kappa shape index (κ1) is 11.3. The Bertz CT molecular complexity index is 590. The van der Waals surface area contributed by atoms with Gasteiger partial charge in [0, 0.05) is 11.9 Å². The first-order valence-electron chi connectivity index (χ1n) is 5.47. The Labute approximate surface area is 101 Å². The van der Waals surface area contributed by atoms with Crippen molar-refractivity contribution < 1.29 is 0 Å².